The van der Waals surface area contributed by atoms with Crippen molar-refractivity contribution in [2.45, 2.75) is 105 Å². The summed E-state index contributed by atoms with van der Waals surface area (Å²) in [5, 5.41) is 11.0. The van der Waals surface area contributed by atoms with Gasteiger partial charge in [-0.15, -0.1) is 0 Å². The van der Waals surface area contributed by atoms with Crippen LogP contribution < -0.4 is 0 Å². The molecule has 4 aliphatic rings. The fourth-order valence-corrected chi connectivity index (χ4v) is 7.53. The Bertz CT molecular complexity index is 813. The summed E-state index contributed by atoms with van der Waals surface area (Å²) in [6.45, 7) is 15.8. The van der Waals surface area contributed by atoms with Gasteiger partial charge in [-0.2, -0.15) is 0 Å². The molecule has 0 saturated heterocycles. The fraction of sp³-hybridized carbons (Fsp3) is 0.767. The molecule has 0 bridgehead atoms. The van der Waals surface area contributed by atoms with E-state index >= 15 is 0 Å². The molecule has 4 rings (SSSR count). The number of ketones is 1. The SMILES string of the molecule is C=C1/C(=C\C=C2/CCC[C@]3(C)[C@@H]([C@H](C)C(O)CC(=O)C4(C)CC4)CC[C@@H]23)C[C@@H](C)C[C@@H]1C. The molecule has 4 aliphatic carbocycles. The molecule has 0 aliphatic heterocycles. The van der Waals surface area contributed by atoms with E-state index in [1.807, 2.05) is 0 Å². The summed E-state index contributed by atoms with van der Waals surface area (Å²) in [5.74, 6) is 2.94. The van der Waals surface area contributed by atoms with Gasteiger partial charge in [0, 0.05) is 11.8 Å². The third-order valence-corrected chi connectivity index (χ3v) is 10.2. The maximum atomic E-state index is 12.6. The fourth-order valence-electron chi connectivity index (χ4n) is 7.53. The average molecular weight is 439 g/mol. The van der Waals surface area contributed by atoms with E-state index in [1.54, 1.807) is 5.57 Å². The lowest BCUT2D eigenvalue weighted by Crippen LogP contribution is -2.40. The first-order valence-electron chi connectivity index (χ1n) is 13.4. The minimum Gasteiger partial charge on any atom is -0.392 e. The zero-order valence-electron chi connectivity index (χ0n) is 21.3. The number of aliphatic hydroxyl groups is 1. The van der Waals surface area contributed by atoms with Crippen LogP contribution in [0.2, 0.25) is 0 Å². The summed E-state index contributed by atoms with van der Waals surface area (Å²) < 4.78 is 0. The van der Waals surface area contributed by atoms with Gasteiger partial charge in [0.05, 0.1) is 6.10 Å². The molecule has 4 fully saturated rings. The molecule has 7 atom stereocenters. The molecule has 0 radical (unpaired) electrons. The van der Waals surface area contributed by atoms with Crippen molar-refractivity contribution in [2.24, 2.45) is 40.4 Å². The van der Waals surface area contributed by atoms with Crippen LogP contribution in [0.25, 0.3) is 0 Å². The quantitative estimate of drug-likeness (QED) is 0.468. The van der Waals surface area contributed by atoms with Crippen LogP contribution in [0, 0.1) is 40.4 Å². The summed E-state index contributed by atoms with van der Waals surface area (Å²) in [6.07, 6.45) is 15.2. The summed E-state index contributed by atoms with van der Waals surface area (Å²) >= 11 is 0. The van der Waals surface area contributed by atoms with Gasteiger partial charge < -0.3 is 5.11 Å². The Morgan fingerprint density at radius 1 is 1.19 bits per heavy atom. The highest BCUT2D eigenvalue weighted by atomic mass is 16.3. The van der Waals surface area contributed by atoms with Gasteiger partial charge in [-0.3, -0.25) is 4.79 Å². The summed E-state index contributed by atoms with van der Waals surface area (Å²) in [7, 11) is 0. The monoisotopic (exact) mass is 438 g/mol. The van der Waals surface area contributed by atoms with Crippen molar-refractivity contribution >= 4 is 5.78 Å². The van der Waals surface area contributed by atoms with Crippen LogP contribution in [0.1, 0.15) is 98.8 Å². The molecule has 2 nitrogen and oxygen atoms in total. The topological polar surface area (TPSA) is 37.3 Å². The number of Topliss-reactive ketones (excluding diaryl/α,β-unsaturated/α-hetero) is 1. The number of allylic oxidation sites excluding steroid dienone is 5. The number of carbonyl (C=O) groups is 1. The molecule has 2 heteroatoms. The molecule has 0 aromatic heterocycles. The van der Waals surface area contributed by atoms with Crippen LogP contribution in [0.3, 0.4) is 0 Å². The first-order chi connectivity index (χ1) is 15.0. The Morgan fingerprint density at radius 2 is 1.91 bits per heavy atom. The maximum Gasteiger partial charge on any atom is 0.141 e. The minimum absolute atomic E-state index is 0.130. The van der Waals surface area contributed by atoms with E-state index in [4.69, 9.17) is 0 Å². The van der Waals surface area contributed by atoms with Gasteiger partial charge in [-0.25, -0.2) is 0 Å². The van der Waals surface area contributed by atoms with Crippen molar-refractivity contribution < 1.29 is 9.90 Å². The zero-order chi connectivity index (χ0) is 23.3. The summed E-state index contributed by atoms with van der Waals surface area (Å²) in [5.41, 5.74) is 4.54. The Balaban J connectivity index is 1.48. The normalized spacial score (nSPS) is 40.9. The molecule has 4 saturated carbocycles. The Morgan fingerprint density at radius 3 is 2.59 bits per heavy atom. The third kappa shape index (κ3) is 4.46. The predicted octanol–water partition coefficient (Wildman–Crippen LogP) is 7.43. The van der Waals surface area contributed by atoms with Crippen LogP contribution >= 0.6 is 0 Å². The van der Waals surface area contributed by atoms with Crippen LogP contribution in [-0.4, -0.2) is 17.0 Å². The van der Waals surface area contributed by atoms with Crippen molar-refractivity contribution in [3.63, 3.8) is 0 Å². The Kier molecular flexibility index (Phi) is 6.67. The second-order valence-corrected chi connectivity index (χ2v) is 12.6. The lowest BCUT2D eigenvalue weighted by Gasteiger charge is -2.45. The van der Waals surface area contributed by atoms with E-state index in [2.05, 4.69) is 53.3 Å². The number of carbonyl (C=O) groups excluding carboxylic acids is 1. The van der Waals surface area contributed by atoms with Crippen molar-refractivity contribution in [3.05, 3.63) is 35.5 Å². The third-order valence-electron chi connectivity index (χ3n) is 10.2. The number of hydrogen-bond acceptors (Lipinski definition) is 2. The molecule has 0 spiro atoms. The van der Waals surface area contributed by atoms with E-state index < -0.39 is 6.10 Å². The Hall–Kier alpha value is -1.15. The first kappa shape index (κ1) is 24.0. The second-order valence-electron chi connectivity index (χ2n) is 12.6. The molecule has 1 unspecified atom stereocenters. The lowest BCUT2D eigenvalue weighted by atomic mass is 9.60. The van der Waals surface area contributed by atoms with E-state index in [1.165, 1.54) is 49.7 Å². The molecular weight excluding hydrogens is 392 g/mol. The molecule has 0 heterocycles. The Labute approximate surface area is 196 Å². The highest BCUT2D eigenvalue weighted by Gasteiger charge is 2.52. The van der Waals surface area contributed by atoms with Crippen molar-refractivity contribution in [1.29, 1.82) is 0 Å². The second kappa shape index (κ2) is 8.90. The largest absolute Gasteiger partial charge is 0.392 e. The van der Waals surface area contributed by atoms with Crippen LogP contribution in [0.15, 0.2) is 35.5 Å². The molecule has 0 aromatic rings. The van der Waals surface area contributed by atoms with Crippen molar-refractivity contribution in [3.8, 4) is 0 Å². The van der Waals surface area contributed by atoms with Gasteiger partial charge in [0.2, 0.25) is 0 Å². The van der Waals surface area contributed by atoms with Crippen LogP contribution in [-0.2, 0) is 4.79 Å². The molecule has 0 amide bonds. The van der Waals surface area contributed by atoms with Crippen molar-refractivity contribution in [2.75, 3.05) is 0 Å². The van der Waals surface area contributed by atoms with E-state index in [0.29, 0.717) is 24.2 Å². The van der Waals surface area contributed by atoms with Gasteiger partial charge >= 0.3 is 0 Å². The molecule has 1 N–H and O–H groups in total. The van der Waals surface area contributed by atoms with Gasteiger partial charge in [-0.1, -0.05) is 58.9 Å². The standard InChI is InChI=1S/C30H46O2/c1-19-16-20(2)21(3)24(17-19)10-9-23-8-7-13-30(6)25(11-12-26(23)30)22(4)27(31)18-28(32)29(5)14-15-29/h9-10,19-20,22,25-27,31H,3,7-8,11-18H2,1-2,4-6H3/b23-9+,24-10-/t19-,20-,22-,25+,26-,27?,30+/m0/s1. The lowest BCUT2D eigenvalue weighted by molar-refractivity contribution is -0.126. The molecule has 178 valence electrons. The smallest absolute Gasteiger partial charge is 0.141 e. The van der Waals surface area contributed by atoms with Gasteiger partial charge in [-0.05, 0) is 104 Å². The molecule has 32 heavy (non-hydrogen) atoms. The van der Waals surface area contributed by atoms with E-state index in [-0.39, 0.29) is 22.5 Å². The van der Waals surface area contributed by atoms with Crippen LogP contribution in [0.4, 0.5) is 0 Å². The van der Waals surface area contributed by atoms with Gasteiger partial charge in [0.1, 0.15) is 5.78 Å². The van der Waals surface area contributed by atoms with E-state index in [9.17, 15) is 9.90 Å². The first-order valence-corrected chi connectivity index (χ1v) is 13.4. The average Bonchev–Trinajstić information content (AvgIpc) is 3.39. The van der Waals surface area contributed by atoms with Gasteiger partial charge in [0.25, 0.3) is 0 Å². The molecule has 0 aromatic carbocycles. The zero-order valence-corrected chi connectivity index (χ0v) is 21.3. The predicted molar refractivity (Wildman–Crippen MR) is 133 cm³/mol. The highest BCUT2D eigenvalue weighted by Crippen LogP contribution is 2.60. The molecular formula is C30H46O2. The number of aliphatic hydroxyl groups excluding tert-OH is 1. The minimum atomic E-state index is -0.495. The maximum absolute atomic E-state index is 12.6. The van der Waals surface area contributed by atoms with E-state index in [0.717, 1.165) is 25.2 Å². The highest BCUT2D eigenvalue weighted by molar-refractivity contribution is 5.87. The van der Waals surface area contributed by atoms with Crippen LogP contribution in [0.5, 0.6) is 0 Å². The summed E-state index contributed by atoms with van der Waals surface area (Å²) in [6, 6.07) is 0. The number of hydrogen-bond donors (Lipinski definition) is 1. The van der Waals surface area contributed by atoms with Gasteiger partial charge in [0.15, 0.2) is 0 Å². The number of fused-ring (bicyclic) bond motifs is 1. The van der Waals surface area contributed by atoms with Crippen molar-refractivity contribution in [1.82, 2.24) is 0 Å². The number of rotatable bonds is 6. The summed E-state index contributed by atoms with van der Waals surface area (Å²) in [4.78, 5) is 12.6.